The molecule has 1 saturated heterocycles. The molecule has 2 heterocycles. The number of rotatable bonds is 4. The van der Waals surface area contributed by atoms with Gasteiger partial charge in [0.2, 0.25) is 0 Å². The van der Waals surface area contributed by atoms with Gasteiger partial charge in [-0.1, -0.05) is 0 Å². The predicted octanol–water partition coefficient (Wildman–Crippen LogP) is -0.392. The van der Waals surface area contributed by atoms with Crippen LogP contribution in [0.3, 0.4) is 0 Å². The van der Waals surface area contributed by atoms with Crippen molar-refractivity contribution in [1.29, 1.82) is 0 Å². The Morgan fingerprint density at radius 1 is 1.42 bits per heavy atom. The van der Waals surface area contributed by atoms with Gasteiger partial charge in [0.25, 0.3) is 5.91 Å². The number of thiocarbonyl (C=S) groups is 1. The monoisotopic (exact) mass is 351 g/mol. The molecule has 24 heavy (non-hydrogen) atoms. The van der Waals surface area contributed by atoms with E-state index >= 15 is 0 Å². The highest BCUT2D eigenvalue weighted by atomic mass is 32.1. The van der Waals surface area contributed by atoms with E-state index < -0.39 is 6.10 Å². The number of anilines is 2. The number of hydrogen-bond acceptors (Lipinski definition) is 4. The topological polar surface area (TPSA) is 76.1 Å². The van der Waals surface area contributed by atoms with E-state index in [-0.39, 0.29) is 5.91 Å². The van der Waals surface area contributed by atoms with E-state index in [1.54, 1.807) is 6.92 Å². The Morgan fingerprint density at radius 3 is 3.00 bits per heavy atom. The van der Waals surface area contributed by atoms with Crippen LogP contribution in [0.25, 0.3) is 0 Å². The molecule has 1 aromatic rings. The number of amides is 1. The fourth-order valence-electron chi connectivity index (χ4n) is 2.72. The van der Waals surface area contributed by atoms with E-state index in [4.69, 9.17) is 21.7 Å². The van der Waals surface area contributed by atoms with Crippen molar-refractivity contribution in [2.45, 2.75) is 13.0 Å². The lowest BCUT2D eigenvalue weighted by molar-refractivity contribution is -0.906. The molecule has 0 saturated carbocycles. The first-order valence-corrected chi connectivity index (χ1v) is 8.60. The van der Waals surface area contributed by atoms with Crippen LogP contribution in [0.15, 0.2) is 18.2 Å². The van der Waals surface area contributed by atoms with E-state index in [0.29, 0.717) is 16.5 Å². The average molecular weight is 351 g/mol. The Morgan fingerprint density at radius 2 is 2.21 bits per heavy atom. The van der Waals surface area contributed by atoms with Crippen LogP contribution < -0.4 is 25.6 Å². The molecule has 0 bridgehead atoms. The molecule has 0 unspecified atom stereocenters. The first kappa shape index (κ1) is 16.9. The van der Waals surface area contributed by atoms with Crippen LogP contribution in [0.1, 0.15) is 6.92 Å². The Labute approximate surface area is 146 Å². The molecule has 0 aliphatic carbocycles. The van der Waals surface area contributed by atoms with Crippen molar-refractivity contribution in [2.75, 3.05) is 50.0 Å². The summed E-state index contributed by atoms with van der Waals surface area (Å²) in [5.41, 5.74) is 1.46. The lowest BCUT2D eigenvalue weighted by Gasteiger charge is -2.24. The van der Waals surface area contributed by atoms with Crippen molar-refractivity contribution in [1.82, 2.24) is 5.32 Å². The molecule has 3 rings (SSSR count). The molecular formula is C16H23N4O3S+. The third kappa shape index (κ3) is 4.34. The van der Waals surface area contributed by atoms with Gasteiger partial charge in [0.1, 0.15) is 18.8 Å². The van der Waals surface area contributed by atoms with Crippen molar-refractivity contribution in [3.05, 3.63) is 18.2 Å². The zero-order chi connectivity index (χ0) is 16.9. The second kappa shape index (κ2) is 7.78. The van der Waals surface area contributed by atoms with Gasteiger partial charge in [0.05, 0.1) is 32.0 Å². The summed E-state index contributed by atoms with van der Waals surface area (Å²) >= 11 is 5.32. The maximum Gasteiger partial charge on any atom is 0.265 e. The van der Waals surface area contributed by atoms with Crippen molar-refractivity contribution in [2.24, 2.45) is 0 Å². The number of ether oxygens (including phenoxy) is 2. The minimum Gasteiger partial charge on any atom is -0.479 e. The van der Waals surface area contributed by atoms with Crippen LogP contribution in [0, 0.1) is 0 Å². The molecule has 1 fully saturated rings. The fraction of sp³-hybridized carbons (Fsp3) is 0.500. The molecule has 1 amide bonds. The Kier molecular flexibility index (Phi) is 5.49. The van der Waals surface area contributed by atoms with Gasteiger partial charge in [-0.25, -0.2) is 0 Å². The third-order valence-corrected chi connectivity index (χ3v) is 4.38. The number of nitrogens with one attached hydrogen (secondary N) is 4. The maximum atomic E-state index is 11.7. The highest BCUT2D eigenvalue weighted by molar-refractivity contribution is 7.80. The average Bonchev–Trinajstić information content (AvgIpc) is 2.57. The van der Waals surface area contributed by atoms with Crippen LogP contribution >= 0.6 is 12.2 Å². The summed E-state index contributed by atoms with van der Waals surface area (Å²) in [5, 5.41) is 9.74. The number of fused-ring (bicyclic) bond motifs is 1. The van der Waals surface area contributed by atoms with E-state index in [0.717, 1.165) is 45.1 Å². The first-order chi connectivity index (χ1) is 11.6. The number of morpholine rings is 1. The zero-order valence-electron chi connectivity index (χ0n) is 13.7. The van der Waals surface area contributed by atoms with E-state index in [2.05, 4.69) is 16.0 Å². The van der Waals surface area contributed by atoms with Crippen LogP contribution in [0.2, 0.25) is 0 Å². The summed E-state index contributed by atoms with van der Waals surface area (Å²) < 4.78 is 10.9. The summed E-state index contributed by atoms with van der Waals surface area (Å²) in [6.07, 6.45) is -0.471. The van der Waals surface area contributed by atoms with Crippen LogP contribution in [0.5, 0.6) is 5.75 Å². The summed E-state index contributed by atoms with van der Waals surface area (Å²) in [6.45, 7) is 7.30. The van der Waals surface area contributed by atoms with E-state index in [1.165, 1.54) is 4.90 Å². The summed E-state index contributed by atoms with van der Waals surface area (Å²) in [5.74, 6) is 0.524. The Bertz CT molecular complexity index is 619. The Balaban J connectivity index is 1.48. The molecule has 2 aliphatic heterocycles. The van der Waals surface area contributed by atoms with Crippen LogP contribution in [-0.2, 0) is 9.53 Å². The number of hydrogen-bond donors (Lipinski definition) is 4. The quantitative estimate of drug-likeness (QED) is 0.554. The van der Waals surface area contributed by atoms with Gasteiger partial charge in [-0.05, 0) is 37.3 Å². The lowest BCUT2D eigenvalue weighted by Crippen LogP contribution is -3.14. The van der Waals surface area contributed by atoms with Gasteiger partial charge in [-0.2, -0.15) is 0 Å². The third-order valence-electron chi connectivity index (χ3n) is 4.13. The van der Waals surface area contributed by atoms with Gasteiger partial charge in [0.15, 0.2) is 11.2 Å². The maximum absolute atomic E-state index is 11.7. The molecule has 4 N–H and O–H groups in total. The zero-order valence-corrected chi connectivity index (χ0v) is 14.5. The molecule has 130 valence electrons. The van der Waals surface area contributed by atoms with Gasteiger partial charge in [-0.15, -0.1) is 0 Å². The molecule has 1 aromatic carbocycles. The molecule has 0 spiro atoms. The van der Waals surface area contributed by atoms with Gasteiger partial charge < -0.3 is 30.3 Å². The van der Waals surface area contributed by atoms with E-state index in [1.807, 2.05) is 18.2 Å². The normalized spacial score (nSPS) is 20.5. The van der Waals surface area contributed by atoms with Gasteiger partial charge in [0, 0.05) is 5.69 Å². The van der Waals surface area contributed by atoms with Crippen LogP contribution in [-0.4, -0.2) is 56.5 Å². The minimum atomic E-state index is -0.471. The Hall–Kier alpha value is -1.90. The van der Waals surface area contributed by atoms with Crippen LogP contribution in [0.4, 0.5) is 11.4 Å². The smallest absolute Gasteiger partial charge is 0.265 e. The second-order valence-electron chi connectivity index (χ2n) is 5.95. The molecule has 0 radical (unpaired) electrons. The van der Waals surface area contributed by atoms with Crippen molar-refractivity contribution in [3.63, 3.8) is 0 Å². The number of quaternary nitrogens is 1. The molecule has 2 aliphatic rings. The predicted molar refractivity (Wildman–Crippen MR) is 95.8 cm³/mol. The fourth-order valence-corrected chi connectivity index (χ4v) is 2.94. The minimum absolute atomic E-state index is 0.145. The van der Waals surface area contributed by atoms with Gasteiger partial charge >= 0.3 is 0 Å². The molecule has 7 nitrogen and oxygen atoms in total. The summed E-state index contributed by atoms with van der Waals surface area (Å²) in [7, 11) is 0. The van der Waals surface area contributed by atoms with Gasteiger partial charge in [-0.3, -0.25) is 4.79 Å². The molecule has 8 heteroatoms. The first-order valence-electron chi connectivity index (χ1n) is 8.19. The number of carbonyl (C=O) groups excluding carboxylic acids is 1. The standard InChI is InChI=1S/C16H22N4O3S/c1-11-15(21)19-13-10-12(2-3-14(13)23-11)18-16(24)17-4-5-20-6-8-22-9-7-20/h2-3,10-11H,4-9H2,1H3,(H,19,21)(H2,17,18,24)/p+1/t11-/m1/s1. The van der Waals surface area contributed by atoms with Crippen molar-refractivity contribution in [3.8, 4) is 5.75 Å². The summed E-state index contributed by atoms with van der Waals surface area (Å²) in [6, 6.07) is 5.53. The largest absolute Gasteiger partial charge is 0.479 e. The van der Waals surface area contributed by atoms with E-state index in [9.17, 15) is 4.79 Å². The highest BCUT2D eigenvalue weighted by Gasteiger charge is 2.23. The number of carbonyl (C=O) groups is 1. The molecule has 1 atom stereocenters. The van der Waals surface area contributed by atoms with Crippen molar-refractivity contribution < 1.29 is 19.2 Å². The summed E-state index contributed by atoms with van der Waals surface area (Å²) in [4.78, 5) is 13.2. The lowest BCUT2D eigenvalue weighted by atomic mass is 10.2. The molecular weight excluding hydrogens is 328 g/mol. The molecule has 0 aromatic heterocycles. The SMILES string of the molecule is C[C@H]1Oc2ccc(NC(=S)NCC[NH+]3CCOCC3)cc2NC1=O. The van der Waals surface area contributed by atoms with Crippen molar-refractivity contribution >= 4 is 34.6 Å². The highest BCUT2D eigenvalue weighted by Crippen LogP contribution is 2.32. The second-order valence-corrected chi connectivity index (χ2v) is 6.36. The number of benzene rings is 1.